The van der Waals surface area contributed by atoms with E-state index in [2.05, 4.69) is 43.0 Å². The van der Waals surface area contributed by atoms with Crippen molar-refractivity contribution in [3.05, 3.63) is 123 Å². The Morgan fingerprint density at radius 3 is 2.52 bits per heavy atom. The molecule has 8 nitrogen and oxygen atoms in total. The van der Waals surface area contributed by atoms with Gasteiger partial charge in [-0.05, 0) is 66.4 Å². The highest BCUT2D eigenvalue weighted by Crippen LogP contribution is 2.40. The Labute approximate surface area is 270 Å². The number of thioether (sulfide) groups is 1. The molecule has 3 heterocycles. The van der Waals surface area contributed by atoms with Gasteiger partial charge >= 0.3 is 0 Å². The molecule has 0 spiro atoms. The second-order valence-electron chi connectivity index (χ2n) is 11.2. The molecule has 2 N–H and O–H groups in total. The SMILES string of the molecule is O=C(NCCSCc1ccccc1)c1ccc(N2C[C@H]3C[C@@H](C2)c2cccc(=O)n2C3)c(NS(=O)(=O)c2ccc(Br)cc2)c1. The minimum atomic E-state index is -3.94. The van der Waals surface area contributed by atoms with Crippen molar-refractivity contribution in [3.8, 4) is 0 Å². The van der Waals surface area contributed by atoms with Crippen LogP contribution < -0.4 is 20.5 Å². The number of amides is 1. The van der Waals surface area contributed by atoms with Gasteiger partial charge in [0.15, 0.2) is 0 Å². The molecule has 0 aliphatic carbocycles. The van der Waals surface area contributed by atoms with E-state index in [1.807, 2.05) is 34.9 Å². The van der Waals surface area contributed by atoms with E-state index >= 15 is 0 Å². The average molecular weight is 694 g/mol. The van der Waals surface area contributed by atoms with Crippen molar-refractivity contribution in [2.75, 3.05) is 35.0 Å². The standard InChI is InChI=1S/C33H33BrN4O4S2/c34-27-10-12-28(13-11-27)44(41,42)36-29-18-25(33(40)35-15-16-43-22-23-5-2-1-3-6-23)9-14-31(29)37-19-24-17-26(21-37)30-7-4-8-32(39)38(30)20-24/h1-14,18,24,26,36H,15-17,19-22H2,(H,35,40)/t24-,26+/m1/s1. The van der Waals surface area contributed by atoms with Crippen LogP contribution in [0.2, 0.25) is 0 Å². The molecule has 1 aromatic heterocycles. The van der Waals surface area contributed by atoms with E-state index in [4.69, 9.17) is 0 Å². The van der Waals surface area contributed by atoms with Crippen molar-refractivity contribution in [1.29, 1.82) is 0 Å². The van der Waals surface area contributed by atoms with E-state index < -0.39 is 10.0 Å². The Bertz CT molecular complexity index is 1810. The fourth-order valence-corrected chi connectivity index (χ4v) is 8.20. The maximum atomic E-state index is 13.5. The Morgan fingerprint density at radius 2 is 1.73 bits per heavy atom. The van der Waals surface area contributed by atoms with Gasteiger partial charge in [0.25, 0.3) is 21.5 Å². The van der Waals surface area contributed by atoms with Gasteiger partial charge in [-0.2, -0.15) is 11.8 Å². The molecule has 6 rings (SSSR count). The summed E-state index contributed by atoms with van der Waals surface area (Å²) in [5.41, 5.74) is 3.70. The third kappa shape index (κ3) is 6.90. The molecule has 44 heavy (non-hydrogen) atoms. The molecule has 1 saturated heterocycles. The minimum absolute atomic E-state index is 0.0161. The third-order valence-corrected chi connectivity index (χ3v) is 11.0. The molecule has 2 aliphatic rings. The summed E-state index contributed by atoms with van der Waals surface area (Å²) >= 11 is 5.10. The summed E-state index contributed by atoms with van der Waals surface area (Å²) in [4.78, 5) is 28.0. The molecule has 2 bridgehead atoms. The molecule has 0 saturated carbocycles. The number of aromatic nitrogens is 1. The summed E-state index contributed by atoms with van der Waals surface area (Å²) in [7, 11) is -3.94. The number of hydrogen-bond donors (Lipinski definition) is 2. The number of halogens is 1. The van der Waals surface area contributed by atoms with Crippen molar-refractivity contribution in [3.63, 3.8) is 0 Å². The zero-order valence-corrected chi connectivity index (χ0v) is 27.2. The van der Waals surface area contributed by atoms with Crippen LogP contribution in [0.3, 0.4) is 0 Å². The van der Waals surface area contributed by atoms with Crippen molar-refractivity contribution in [2.45, 2.75) is 29.5 Å². The van der Waals surface area contributed by atoms with Gasteiger partial charge < -0.3 is 14.8 Å². The number of piperidine rings is 1. The molecule has 11 heteroatoms. The van der Waals surface area contributed by atoms with Crippen LogP contribution in [0.1, 0.15) is 34.0 Å². The topological polar surface area (TPSA) is 101 Å². The molecule has 2 atom stereocenters. The first-order valence-corrected chi connectivity index (χ1v) is 18.0. The van der Waals surface area contributed by atoms with Crippen molar-refractivity contribution < 1.29 is 13.2 Å². The number of hydrogen-bond acceptors (Lipinski definition) is 6. The van der Waals surface area contributed by atoms with Crippen LogP contribution in [0.5, 0.6) is 0 Å². The van der Waals surface area contributed by atoms with Gasteiger partial charge in [0.05, 0.1) is 16.3 Å². The molecule has 1 fully saturated rings. The molecule has 0 unspecified atom stereocenters. The molecular formula is C33H33BrN4O4S2. The smallest absolute Gasteiger partial charge is 0.261 e. The number of benzene rings is 3. The van der Waals surface area contributed by atoms with Crippen LogP contribution in [-0.4, -0.2) is 44.3 Å². The Hall–Kier alpha value is -3.54. The van der Waals surface area contributed by atoms with E-state index in [-0.39, 0.29) is 28.2 Å². The maximum Gasteiger partial charge on any atom is 0.261 e. The summed E-state index contributed by atoms with van der Waals surface area (Å²) in [6.45, 7) is 2.43. The largest absolute Gasteiger partial charge is 0.369 e. The number of fused-ring (bicyclic) bond motifs is 4. The normalized spacial score (nSPS) is 17.5. The van der Waals surface area contributed by atoms with Gasteiger partial charge in [-0.1, -0.05) is 52.3 Å². The zero-order valence-electron chi connectivity index (χ0n) is 24.0. The lowest BCUT2D eigenvalue weighted by molar-refractivity contribution is 0.0956. The summed E-state index contributed by atoms with van der Waals surface area (Å²) < 4.78 is 32.4. The number of anilines is 2. The number of sulfonamides is 1. The number of carbonyl (C=O) groups is 1. The Balaban J connectivity index is 1.23. The van der Waals surface area contributed by atoms with Crippen molar-refractivity contribution in [2.24, 2.45) is 5.92 Å². The van der Waals surface area contributed by atoms with Crippen molar-refractivity contribution >= 4 is 55.0 Å². The lowest BCUT2D eigenvalue weighted by Crippen LogP contribution is -2.47. The number of nitrogens with one attached hydrogen (secondary N) is 2. The quantitative estimate of drug-likeness (QED) is 0.207. The fourth-order valence-electron chi connectivity index (χ4n) is 6.05. The first kappa shape index (κ1) is 30.5. The predicted octanol–water partition coefficient (Wildman–Crippen LogP) is 5.70. The molecule has 1 amide bonds. The lowest BCUT2D eigenvalue weighted by atomic mass is 9.83. The molecule has 0 radical (unpaired) electrons. The van der Waals surface area contributed by atoms with Gasteiger partial charge in [0.2, 0.25) is 0 Å². The number of nitrogens with zero attached hydrogens (tertiary/aromatic N) is 2. The monoisotopic (exact) mass is 692 g/mol. The Kier molecular flexibility index (Phi) is 9.16. The highest BCUT2D eigenvalue weighted by molar-refractivity contribution is 9.10. The number of carbonyl (C=O) groups excluding carboxylic acids is 1. The summed E-state index contributed by atoms with van der Waals surface area (Å²) in [5.74, 6) is 1.75. The lowest BCUT2D eigenvalue weighted by Gasteiger charge is -2.44. The number of pyridine rings is 1. The van der Waals surface area contributed by atoms with E-state index in [1.165, 1.54) is 17.7 Å². The zero-order chi connectivity index (χ0) is 30.7. The molecule has 228 valence electrons. The van der Waals surface area contributed by atoms with Gasteiger partial charge in [0, 0.05) is 65.4 Å². The molecular weight excluding hydrogens is 660 g/mol. The van der Waals surface area contributed by atoms with E-state index in [0.717, 1.165) is 28.1 Å². The first-order valence-electron chi connectivity index (χ1n) is 14.5. The van der Waals surface area contributed by atoms with Crippen LogP contribution in [0.25, 0.3) is 0 Å². The van der Waals surface area contributed by atoms with Crippen LogP contribution in [-0.2, 0) is 22.3 Å². The highest BCUT2D eigenvalue weighted by Gasteiger charge is 2.35. The van der Waals surface area contributed by atoms with Crippen LogP contribution >= 0.6 is 27.7 Å². The second-order valence-corrected chi connectivity index (χ2v) is 14.9. The van der Waals surface area contributed by atoms with Gasteiger partial charge in [-0.3, -0.25) is 14.3 Å². The predicted molar refractivity (Wildman–Crippen MR) is 180 cm³/mol. The summed E-state index contributed by atoms with van der Waals surface area (Å²) in [5, 5.41) is 2.97. The minimum Gasteiger partial charge on any atom is -0.369 e. The molecule has 3 aromatic carbocycles. The van der Waals surface area contributed by atoms with Crippen molar-refractivity contribution in [1.82, 2.24) is 9.88 Å². The van der Waals surface area contributed by atoms with Gasteiger partial charge in [-0.15, -0.1) is 0 Å². The van der Waals surface area contributed by atoms with Gasteiger partial charge in [0.1, 0.15) is 0 Å². The van der Waals surface area contributed by atoms with E-state index in [0.29, 0.717) is 43.1 Å². The summed E-state index contributed by atoms with van der Waals surface area (Å²) in [6.07, 6.45) is 0.975. The summed E-state index contributed by atoms with van der Waals surface area (Å²) in [6, 6.07) is 27.2. The molecule has 2 aliphatic heterocycles. The second kappa shape index (κ2) is 13.2. The molecule has 4 aromatic rings. The first-order chi connectivity index (χ1) is 21.3. The van der Waals surface area contributed by atoms with Crippen LogP contribution in [0.4, 0.5) is 11.4 Å². The number of rotatable bonds is 10. The maximum absolute atomic E-state index is 13.5. The Morgan fingerprint density at radius 1 is 0.932 bits per heavy atom. The van der Waals surface area contributed by atoms with E-state index in [9.17, 15) is 18.0 Å². The third-order valence-electron chi connectivity index (χ3n) is 8.09. The van der Waals surface area contributed by atoms with E-state index in [1.54, 1.807) is 48.2 Å². The highest BCUT2D eigenvalue weighted by atomic mass is 79.9. The van der Waals surface area contributed by atoms with Gasteiger partial charge in [-0.25, -0.2) is 8.42 Å². The van der Waals surface area contributed by atoms with Crippen LogP contribution in [0.15, 0.2) is 105 Å². The average Bonchev–Trinajstić information content (AvgIpc) is 3.02. The van der Waals surface area contributed by atoms with Crippen LogP contribution in [0, 0.1) is 5.92 Å². The fraction of sp³-hybridized carbons (Fsp3) is 0.273.